The molecule has 0 aliphatic heterocycles. The number of halogens is 1. The molecule has 0 unspecified atom stereocenters. The van der Waals surface area contributed by atoms with Gasteiger partial charge in [-0.05, 0) is 61.9 Å². The van der Waals surface area contributed by atoms with Gasteiger partial charge in [-0.3, -0.25) is 9.59 Å². The van der Waals surface area contributed by atoms with Crippen molar-refractivity contribution in [3.05, 3.63) is 83.2 Å². The highest BCUT2D eigenvalue weighted by atomic mass is 32.2. The summed E-state index contributed by atoms with van der Waals surface area (Å²) >= 11 is 2.82. The summed E-state index contributed by atoms with van der Waals surface area (Å²) in [4.78, 5) is 29.2. The molecule has 0 aliphatic rings. The number of hydrogen-bond donors (Lipinski definition) is 2. The Bertz CT molecular complexity index is 1320. The van der Waals surface area contributed by atoms with Crippen LogP contribution in [0.3, 0.4) is 0 Å². The Balaban J connectivity index is 1.39. The monoisotopic (exact) mass is 465 g/mol. The number of thioether (sulfide) groups is 1. The molecule has 4 rings (SSSR count). The van der Waals surface area contributed by atoms with E-state index in [-0.39, 0.29) is 23.1 Å². The summed E-state index contributed by atoms with van der Waals surface area (Å²) in [6.07, 6.45) is 0. The lowest BCUT2D eigenvalue weighted by Crippen LogP contribution is -2.14. The molecule has 32 heavy (non-hydrogen) atoms. The van der Waals surface area contributed by atoms with Gasteiger partial charge in [-0.2, -0.15) is 0 Å². The van der Waals surface area contributed by atoms with Crippen LogP contribution in [-0.2, 0) is 4.79 Å². The van der Waals surface area contributed by atoms with E-state index in [1.165, 1.54) is 41.3 Å². The van der Waals surface area contributed by atoms with E-state index in [4.69, 9.17) is 0 Å². The number of carbonyl (C=O) groups is 2. The Kier molecular flexibility index (Phi) is 6.53. The Hall–Kier alpha value is -3.23. The maximum Gasteiger partial charge on any atom is 0.255 e. The van der Waals surface area contributed by atoms with Crippen LogP contribution in [0.5, 0.6) is 0 Å². The van der Waals surface area contributed by atoms with E-state index in [0.717, 1.165) is 31.4 Å². The summed E-state index contributed by atoms with van der Waals surface area (Å²) in [5, 5.41) is 5.71. The second-order valence-electron chi connectivity index (χ2n) is 7.28. The van der Waals surface area contributed by atoms with Crippen LogP contribution in [0.1, 0.15) is 21.5 Å². The number of anilines is 2. The fourth-order valence-electron chi connectivity index (χ4n) is 3.14. The highest BCUT2D eigenvalue weighted by Crippen LogP contribution is 2.31. The van der Waals surface area contributed by atoms with Crippen LogP contribution >= 0.6 is 23.1 Å². The standard InChI is InChI=1S/C24H20FN3O2S2/c1-14-6-8-19(15(2)10-14)27-22(29)13-31-24-28-20-9-7-18(12-21(20)32-24)26-23(30)16-4-3-5-17(25)11-16/h3-12H,13H2,1-2H3,(H,26,30)(H,27,29). The molecule has 0 spiro atoms. The van der Waals surface area contributed by atoms with Crippen LogP contribution < -0.4 is 10.6 Å². The van der Waals surface area contributed by atoms with Crippen LogP contribution in [0, 0.1) is 19.7 Å². The van der Waals surface area contributed by atoms with Gasteiger partial charge in [0.15, 0.2) is 4.34 Å². The first-order valence-electron chi connectivity index (χ1n) is 9.85. The lowest BCUT2D eigenvalue weighted by molar-refractivity contribution is -0.113. The predicted octanol–water partition coefficient (Wildman–Crippen LogP) is 6.04. The van der Waals surface area contributed by atoms with E-state index in [9.17, 15) is 14.0 Å². The number of aryl methyl sites for hydroxylation is 2. The van der Waals surface area contributed by atoms with E-state index in [1.54, 1.807) is 12.1 Å². The number of hydrogen-bond acceptors (Lipinski definition) is 5. The molecular formula is C24H20FN3O2S2. The van der Waals surface area contributed by atoms with Crippen molar-refractivity contribution in [3.8, 4) is 0 Å². The van der Waals surface area contributed by atoms with Gasteiger partial charge in [-0.15, -0.1) is 11.3 Å². The van der Waals surface area contributed by atoms with Crippen molar-refractivity contribution in [2.75, 3.05) is 16.4 Å². The quantitative estimate of drug-likeness (QED) is 0.341. The second kappa shape index (κ2) is 9.50. The molecule has 2 N–H and O–H groups in total. The zero-order chi connectivity index (χ0) is 22.7. The fraction of sp³-hybridized carbons (Fsp3) is 0.125. The number of aromatic nitrogens is 1. The number of carbonyl (C=O) groups excluding carboxylic acids is 2. The normalized spacial score (nSPS) is 10.8. The number of benzene rings is 3. The number of amides is 2. The first-order chi connectivity index (χ1) is 15.4. The Morgan fingerprint density at radius 3 is 2.66 bits per heavy atom. The number of fused-ring (bicyclic) bond motifs is 1. The summed E-state index contributed by atoms with van der Waals surface area (Å²) in [5.41, 5.74) is 4.62. The lowest BCUT2D eigenvalue weighted by atomic mass is 10.1. The second-order valence-corrected chi connectivity index (χ2v) is 9.54. The van der Waals surface area contributed by atoms with E-state index in [0.29, 0.717) is 5.69 Å². The molecule has 0 radical (unpaired) electrons. The maximum atomic E-state index is 13.3. The molecule has 5 nitrogen and oxygen atoms in total. The van der Waals surface area contributed by atoms with Gasteiger partial charge < -0.3 is 10.6 Å². The van der Waals surface area contributed by atoms with Gasteiger partial charge in [-0.1, -0.05) is 35.5 Å². The number of rotatable bonds is 6. The molecule has 0 fully saturated rings. The third-order valence-corrected chi connectivity index (χ3v) is 6.86. The van der Waals surface area contributed by atoms with Gasteiger partial charge in [0.05, 0.1) is 16.0 Å². The lowest BCUT2D eigenvalue weighted by Gasteiger charge is -2.08. The minimum absolute atomic E-state index is 0.0933. The van der Waals surface area contributed by atoms with E-state index in [2.05, 4.69) is 15.6 Å². The summed E-state index contributed by atoms with van der Waals surface area (Å²) in [6.45, 7) is 3.98. The zero-order valence-electron chi connectivity index (χ0n) is 17.4. The average molecular weight is 466 g/mol. The van der Waals surface area contributed by atoms with Gasteiger partial charge in [0.25, 0.3) is 5.91 Å². The topological polar surface area (TPSA) is 71.1 Å². The number of nitrogens with one attached hydrogen (secondary N) is 2. The molecule has 0 saturated heterocycles. The zero-order valence-corrected chi connectivity index (χ0v) is 19.1. The van der Waals surface area contributed by atoms with Crippen molar-refractivity contribution < 1.29 is 14.0 Å². The molecule has 0 saturated carbocycles. The van der Waals surface area contributed by atoms with Crippen LogP contribution in [0.4, 0.5) is 15.8 Å². The SMILES string of the molecule is Cc1ccc(NC(=O)CSc2nc3ccc(NC(=O)c4cccc(F)c4)cc3s2)c(C)c1. The van der Waals surface area contributed by atoms with Crippen molar-refractivity contribution in [1.82, 2.24) is 4.98 Å². The molecule has 4 aromatic rings. The third-order valence-electron chi connectivity index (χ3n) is 4.70. The van der Waals surface area contributed by atoms with Crippen molar-refractivity contribution in [2.45, 2.75) is 18.2 Å². The fourth-order valence-corrected chi connectivity index (χ4v) is 5.05. The first-order valence-corrected chi connectivity index (χ1v) is 11.6. The van der Waals surface area contributed by atoms with Gasteiger partial charge in [0.2, 0.25) is 5.91 Å². The maximum absolute atomic E-state index is 13.3. The van der Waals surface area contributed by atoms with Crippen LogP contribution in [0.15, 0.2) is 65.0 Å². The summed E-state index contributed by atoms with van der Waals surface area (Å²) in [6, 6.07) is 16.8. The third kappa shape index (κ3) is 5.33. The number of nitrogens with zero attached hydrogens (tertiary/aromatic N) is 1. The first kappa shape index (κ1) is 22.0. The van der Waals surface area contributed by atoms with Crippen LogP contribution in [-0.4, -0.2) is 22.6 Å². The minimum Gasteiger partial charge on any atom is -0.325 e. The molecular weight excluding hydrogens is 445 g/mol. The van der Waals surface area contributed by atoms with Crippen LogP contribution in [0.2, 0.25) is 0 Å². The summed E-state index contributed by atoms with van der Waals surface area (Å²) in [5.74, 6) is -0.690. The van der Waals surface area contributed by atoms with Crippen LogP contribution in [0.25, 0.3) is 10.2 Å². The molecule has 2 amide bonds. The van der Waals surface area contributed by atoms with Gasteiger partial charge in [0.1, 0.15) is 5.82 Å². The van der Waals surface area contributed by atoms with E-state index >= 15 is 0 Å². The molecule has 0 aliphatic carbocycles. The molecule has 8 heteroatoms. The summed E-state index contributed by atoms with van der Waals surface area (Å²) in [7, 11) is 0. The predicted molar refractivity (Wildman–Crippen MR) is 129 cm³/mol. The summed E-state index contributed by atoms with van der Waals surface area (Å²) < 4.78 is 15.0. The van der Waals surface area contributed by atoms with E-state index < -0.39 is 5.82 Å². The molecule has 162 valence electrons. The highest BCUT2D eigenvalue weighted by Gasteiger charge is 2.11. The molecule has 0 atom stereocenters. The molecule has 1 aromatic heterocycles. The minimum atomic E-state index is -0.459. The largest absolute Gasteiger partial charge is 0.325 e. The smallest absolute Gasteiger partial charge is 0.255 e. The molecule has 1 heterocycles. The Morgan fingerprint density at radius 1 is 1.03 bits per heavy atom. The van der Waals surface area contributed by atoms with Gasteiger partial charge in [0, 0.05) is 16.9 Å². The van der Waals surface area contributed by atoms with Gasteiger partial charge in [-0.25, -0.2) is 9.37 Å². The highest BCUT2D eigenvalue weighted by molar-refractivity contribution is 8.01. The van der Waals surface area contributed by atoms with Gasteiger partial charge >= 0.3 is 0 Å². The van der Waals surface area contributed by atoms with E-state index in [1.807, 2.05) is 44.2 Å². The molecule has 3 aromatic carbocycles. The van der Waals surface area contributed by atoms with Crippen molar-refractivity contribution in [1.29, 1.82) is 0 Å². The Morgan fingerprint density at radius 2 is 1.88 bits per heavy atom. The van der Waals surface area contributed by atoms with Crippen molar-refractivity contribution in [2.24, 2.45) is 0 Å². The van der Waals surface area contributed by atoms with Crippen molar-refractivity contribution >= 4 is 56.5 Å². The molecule has 0 bridgehead atoms. The number of thiazole rings is 1. The Labute approximate surface area is 193 Å². The van der Waals surface area contributed by atoms with Crippen molar-refractivity contribution in [3.63, 3.8) is 0 Å². The average Bonchev–Trinajstić information content (AvgIpc) is 3.16.